The van der Waals surface area contributed by atoms with Gasteiger partial charge in [-0.15, -0.1) is 5.10 Å². The van der Waals surface area contributed by atoms with E-state index in [1.807, 2.05) is 31.2 Å². The Balaban J connectivity index is 1.91. The number of carbonyl (C=O) groups excluding carboxylic acids is 1. The summed E-state index contributed by atoms with van der Waals surface area (Å²) in [6.45, 7) is 3.08. The van der Waals surface area contributed by atoms with E-state index in [2.05, 4.69) is 15.4 Å². The molecule has 2 aromatic heterocycles. The molecular formula is C18H20N4O3. The molecule has 0 bridgehead atoms. The zero-order valence-corrected chi connectivity index (χ0v) is 14.2. The van der Waals surface area contributed by atoms with Gasteiger partial charge in [0.2, 0.25) is 5.82 Å². The number of benzene rings is 1. The summed E-state index contributed by atoms with van der Waals surface area (Å²) < 4.78 is 12.0. The lowest BCUT2D eigenvalue weighted by Gasteiger charge is -2.04. The first kappa shape index (κ1) is 16.9. The average Bonchev–Trinajstić information content (AvgIpc) is 3.27. The van der Waals surface area contributed by atoms with Gasteiger partial charge < -0.3 is 14.5 Å². The summed E-state index contributed by atoms with van der Waals surface area (Å²) in [5, 5.41) is 7.17. The molecule has 3 aromatic rings. The van der Waals surface area contributed by atoms with Crippen molar-refractivity contribution in [2.24, 2.45) is 0 Å². The predicted molar refractivity (Wildman–Crippen MR) is 92.6 cm³/mol. The molecule has 1 N–H and O–H groups in total. The number of aromatic nitrogens is 3. The number of nitrogens with one attached hydrogen (secondary N) is 1. The van der Waals surface area contributed by atoms with E-state index in [1.54, 1.807) is 30.2 Å². The van der Waals surface area contributed by atoms with Crippen molar-refractivity contribution in [2.45, 2.75) is 13.3 Å². The average molecular weight is 340 g/mol. The van der Waals surface area contributed by atoms with Crippen LogP contribution in [0.2, 0.25) is 0 Å². The standard InChI is InChI=1S/C18H20N4O3/c1-13-6-3-7-14(12-13)22-17(15-8-4-11-25-15)20-16(21-22)18(23)19-9-5-10-24-2/h3-4,6-8,11-12H,5,9-10H2,1-2H3,(H,19,23). The third-order valence-electron chi connectivity index (χ3n) is 3.61. The number of hydrogen-bond donors (Lipinski definition) is 1. The molecule has 0 fully saturated rings. The Morgan fingerprint density at radius 1 is 1.32 bits per heavy atom. The quantitative estimate of drug-likeness (QED) is 0.669. The van der Waals surface area contributed by atoms with Crippen LogP contribution in [0.1, 0.15) is 22.6 Å². The Hall–Kier alpha value is -2.93. The number of amides is 1. The van der Waals surface area contributed by atoms with E-state index in [9.17, 15) is 4.79 Å². The van der Waals surface area contributed by atoms with Crippen LogP contribution in [0.15, 0.2) is 47.1 Å². The predicted octanol–water partition coefficient (Wildman–Crippen LogP) is 2.60. The molecule has 1 aromatic carbocycles. The van der Waals surface area contributed by atoms with E-state index in [4.69, 9.17) is 9.15 Å². The highest BCUT2D eigenvalue weighted by molar-refractivity contribution is 5.90. The van der Waals surface area contributed by atoms with Gasteiger partial charge in [0.05, 0.1) is 12.0 Å². The second-order valence-corrected chi connectivity index (χ2v) is 5.59. The highest BCUT2D eigenvalue weighted by Crippen LogP contribution is 2.22. The van der Waals surface area contributed by atoms with Crippen molar-refractivity contribution in [3.63, 3.8) is 0 Å². The van der Waals surface area contributed by atoms with Gasteiger partial charge in [0.25, 0.3) is 5.91 Å². The summed E-state index contributed by atoms with van der Waals surface area (Å²) in [7, 11) is 1.63. The monoisotopic (exact) mass is 340 g/mol. The number of furan rings is 1. The van der Waals surface area contributed by atoms with Crippen LogP contribution < -0.4 is 5.32 Å². The van der Waals surface area contributed by atoms with Gasteiger partial charge in [-0.2, -0.15) is 4.98 Å². The second kappa shape index (κ2) is 7.76. The molecule has 2 heterocycles. The summed E-state index contributed by atoms with van der Waals surface area (Å²) in [5.41, 5.74) is 1.90. The smallest absolute Gasteiger partial charge is 0.290 e. The lowest BCUT2D eigenvalue weighted by molar-refractivity contribution is 0.0938. The fourth-order valence-electron chi connectivity index (χ4n) is 2.41. The molecular weight excluding hydrogens is 320 g/mol. The Labute approximate surface area is 145 Å². The van der Waals surface area contributed by atoms with Crippen molar-refractivity contribution in [3.05, 3.63) is 54.0 Å². The SMILES string of the molecule is COCCCNC(=O)c1nc(-c2ccco2)n(-c2cccc(C)c2)n1. The molecule has 0 saturated carbocycles. The van der Waals surface area contributed by atoms with Crippen molar-refractivity contribution in [2.75, 3.05) is 20.3 Å². The van der Waals surface area contributed by atoms with E-state index < -0.39 is 0 Å². The first-order valence-electron chi connectivity index (χ1n) is 8.04. The molecule has 130 valence electrons. The highest BCUT2D eigenvalue weighted by Gasteiger charge is 2.20. The van der Waals surface area contributed by atoms with Crippen molar-refractivity contribution in [1.29, 1.82) is 0 Å². The lowest BCUT2D eigenvalue weighted by atomic mass is 10.2. The van der Waals surface area contributed by atoms with Gasteiger partial charge >= 0.3 is 0 Å². The van der Waals surface area contributed by atoms with Gasteiger partial charge in [0.1, 0.15) is 0 Å². The van der Waals surface area contributed by atoms with Crippen LogP contribution in [0.4, 0.5) is 0 Å². The zero-order chi connectivity index (χ0) is 17.6. The second-order valence-electron chi connectivity index (χ2n) is 5.59. The van der Waals surface area contributed by atoms with Gasteiger partial charge in [0, 0.05) is 20.3 Å². The minimum absolute atomic E-state index is 0.102. The van der Waals surface area contributed by atoms with Crippen LogP contribution in [0.5, 0.6) is 0 Å². The summed E-state index contributed by atoms with van der Waals surface area (Å²) in [4.78, 5) is 16.7. The number of hydrogen-bond acceptors (Lipinski definition) is 5. The molecule has 0 radical (unpaired) electrons. The fourth-order valence-corrected chi connectivity index (χ4v) is 2.41. The highest BCUT2D eigenvalue weighted by atomic mass is 16.5. The number of aryl methyl sites for hydroxylation is 1. The van der Waals surface area contributed by atoms with Crippen molar-refractivity contribution >= 4 is 5.91 Å². The van der Waals surface area contributed by atoms with Crippen molar-refractivity contribution < 1.29 is 13.9 Å². The van der Waals surface area contributed by atoms with Gasteiger partial charge in [-0.05, 0) is 43.2 Å². The van der Waals surface area contributed by atoms with Crippen LogP contribution in [0, 0.1) is 6.92 Å². The summed E-state index contributed by atoms with van der Waals surface area (Å²) in [6, 6.07) is 11.4. The minimum atomic E-state index is -0.324. The maximum atomic E-state index is 12.3. The molecule has 0 atom stereocenters. The van der Waals surface area contributed by atoms with Crippen molar-refractivity contribution in [1.82, 2.24) is 20.1 Å². The van der Waals surface area contributed by atoms with E-state index >= 15 is 0 Å². The summed E-state index contributed by atoms with van der Waals surface area (Å²) in [5.74, 6) is 0.811. The number of rotatable bonds is 7. The van der Waals surface area contributed by atoms with E-state index in [0.717, 1.165) is 17.7 Å². The maximum Gasteiger partial charge on any atom is 0.290 e. The molecule has 3 rings (SSSR count). The fraction of sp³-hybridized carbons (Fsp3) is 0.278. The van der Waals surface area contributed by atoms with E-state index in [0.29, 0.717) is 24.7 Å². The number of nitrogens with zero attached hydrogens (tertiary/aromatic N) is 3. The number of carbonyl (C=O) groups is 1. The molecule has 0 saturated heterocycles. The van der Waals surface area contributed by atoms with Gasteiger partial charge in [0.15, 0.2) is 11.6 Å². The molecule has 7 heteroatoms. The molecule has 25 heavy (non-hydrogen) atoms. The number of ether oxygens (including phenoxy) is 1. The largest absolute Gasteiger partial charge is 0.461 e. The molecule has 0 aliphatic heterocycles. The van der Waals surface area contributed by atoms with Crippen LogP contribution in [-0.4, -0.2) is 40.9 Å². The molecule has 1 amide bonds. The first-order chi connectivity index (χ1) is 12.2. The van der Waals surface area contributed by atoms with Crippen LogP contribution in [0.3, 0.4) is 0 Å². The molecule has 0 aliphatic carbocycles. The van der Waals surface area contributed by atoms with E-state index in [-0.39, 0.29) is 11.7 Å². The normalized spacial score (nSPS) is 10.8. The molecule has 0 spiro atoms. The third-order valence-corrected chi connectivity index (χ3v) is 3.61. The Morgan fingerprint density at radius 3 is 2.92 bits per heavy atom. The minimum Gasteiger partial charge on any atom is -0.461 e. The number of methoxy groups -OCH3 is 1. The molecule has 7 nitrogen and oxygen atoms in total. The lowest BCUT2D eigenvalue weighted by Crippen LogP contribution is -2.26. The molecule has 0 unspecified atom stereocenters. The topological polar surface area (TPSA) is 82.2 Å². The van der Waals surface area contributed by atoms with Gasteiger partial charge in [-0.25, -0.2) is 4.68 Å². The van der Waals surface area contributed by atoms with Crippen LogP contribution in [-0.2, 0) is 4.74 Å². The maximum absolute atomic E-state index is 12.3. The third kappa shape index (κ3) is 3.95. The van der Waals surface area contributed by atoms with Crippen molar-refractivity contribution in [3.8, 4) is 17.3 Å². The Morgan fingerprint density at radius 2 is 2.20 bits per heavy atom. The Bertz CT molecular complexity index is 840. The molecule has 0 aliphatic rings. The Kier molecular flexibility index (Phi) is 5.25. The zero-order valence-electron chi connectivity index (χ0n) is 14.2. The summed E-state index contributed by atoms with van der Waals surface area (Å²) >= 11 is 0. The van der Waals surface area contributed by atoms with Gasteiger partial charge in [-0.3, -0.25) is 4.79 Å². The van der Waals surface area contributed by atoms with E-state index in [1.165, 1.54) is 0 Å². The first-order valence-corrected chi connectivity index (χ1v) is 8.04. The van der Waals surface area contributed by atoms with Crippen LogP contribution in [0.25, 0.3) is 17.3 Å². The van der Waals surface area contributed by atoms with Crippen LogP contribution >= 0.6 is 0 Å². The summed E-state index contributed by atoms with van der Waals surface area (Å²) in [6.07, 6.45) is 2.29. The van der Waals surface area contributed by atoms with Gasteiger partial charge in [-0.1, -0.05) is 12.1 Å².